The predicted molar refractivity (Wildman–Crippen MR) is 99.7 cm³/mol. The number of benzene rings is 2. The second-order valence-corrected chi connectivity index (χ2v) is 6.26. The zero-order valence-electron chi connectivity index (χ0n) is 13.8. The molecule has 1 amide bonds. The van der Waals surface area contributed by atoms with Crippen molar-refractivity contribution in [2.75, 3.05) is 7.11 Å². The van der Waals surface area contributed by atoms with Gasteiger partial charge in [-0.1, -0.05) is 52.3 Å². The minimum absolute atomic E-state index is 0.233. The van der Waals surface area contributed by atoms with Crippen molar-refractivity contribution >= 4 is 27.8 Å². The van der Waals surface area contributed by atoms with Crippen molar-refractivity contribution in [3.8, 4) is 0 Å². The third-order valence-electron chi connectivity index (χ3n) is 3.75. The highest BCUT2D eigenvalue weighted by Crippen LogP contribution is 2.28. The van der Waals surface area contributed by atoms with E-state index in [1.54, 1.807) is 42.5 Å². The van der Waals surface area contributed by atoms with Gasteiger partial charge >= 0.3 is 5.97 Å². The van der Waals surface area contributed by atoms with Gasteiger partial charge in [0, 0.05) is 10.0 Å². The van der Waals surface area contributed by atoms with E-state index in [1.165, 1.54) is 7.11 Å². The van der Waals surface area contributed by atoms with E-state index in [-0.39, 0.29) is 12.3 Å². The van der Waals surface area contributed by atoms with E-state index in [9.17, 15) is 9.59 Å². The molecule has 0 radical (unpaired) electrons. The average Bonchev–Trinajstić information content (AvgIpc) is 2.65. The van der Waals surface area contributed by atoms with Crippen LogP contribution in [0.2, 0.25) is 0 Å². The molecule has 0 aliphatic carbocycles. The van der Waals surface area contributed by atoms with Crippen LogP contribution in [0.4, 0.5) is 0 Å². The lowest BCUT2D eigenvalue weighted by Crippen LogP contribution is -2.57. The summed E-state index contributed by atoms with van der Waals surface area (Å²) in [5.41, 5.74) is 5.31. The molecule has 2 rings (SSSR count). The molecule has 25 heavy (non-hydrogen) atoms. The number of methoxy groups -OCH3 is 1. The van der Waals surface area contributed by atoms with Gasteiger partial charge in [0.05, 0.1) is 7.11 Å². The van der Waals surface area contributed by atoms with Gasteiger partial charge in [0.2, 0.25) is 0 Å². The number of nitrogens with one attached hydrogen (secondary N) is 2. The van der Waals surface area contributed by atoms with Gasteiger partial charge in [-0.3, -0.25) is 10.2 Å². The number of rotatable bonds is 7. The largest absolute Gasteiger partial charge is 0.467 e. The summed E-state index contributed by atoms with van der Waals surface area (Å²) in [5.74, 6) is -0.877. The summed E-state index contributed by atoms with van der Waals surface area (Å²) in [6.45, 7) is 3.72. The fourth-order valence-electron chi connectivity index (χ4n) is 2.44. The van der Waals surface area contributed by atoms with Gasteiger partial charge in [0.25, 0.3) is 5.91 Å². The van der Waals surface area contributed by atoms with Gasteiger partial charge in [0.1, 0.15) is 0 Å². The molecule has 5 nitrogen and oxygen atoms in total. The molecule has 0 aliphatic rings. The number of halogens is 1. The summed E-state index contributed by atoms with van der Waals surface area (Å²) >= 11 is 3.37. The molecule has 1 atom stereocenters. The Morgan fingerprint density at radius 2 is 1.80 bits per heavy atom. The Kier molecular flexibility index (Phi) is 6.50. The van der Waals surface area contributed by atoms with E-state index >= 15 is 0 Å². The standard InChI is InChI=1S/C19H19BrN2O3/c1-3-13-19(18(24)25-2,15-9-11-16(20)12-10-15)22-21-17(23)14-7-5-4-6-8-14/h3-12,22H,1,13H2,2H3,(H,21,23)/t19-/m0/s1. The van der Waals surface area contributed by atoms with E-state index in [0.29, 0.717) is 11.1 Å². The Hall–Kier alpha value is -2.44. The van der Waals surface area contributed by atoms with Crippen molar-refractivity contribution in [3.05, 3.63) is 82.9 Å². The van der Waals surface area contributed by atoms with Crippen molar-refractivity contribution in [2.24, 2.45) is 0 Å². The fraction of sp³-hybridized carbons (Fsp3) is 0.158. The Balaban J connectivity index is 2.33. The molecule has 2 N–H and O–H groups in total. The number of hydrogen-bond acceptors (Lipinski definition) is 4. The van der Waals surface area contributed by atoms with Crippen LogP contribution in [0.3, 0.4) is 0 Å². The van der Waals surface area contributed by atoms with Gasteiger partial charge in [-0.05, 0) is 36.2 Å². The average molecular weight is 403 g/mol. The van der Waals surface area contributed by atoms with Crippen LogP contribution < -0.4 is 10.9 Å². The Morgan fingerprint density at radius 1 is 1.16 bits per heavy atom. The third-order valence-corrected chi connectivity index (χ3v) is 4.28. The van der Waals surface area contributed by atoms with Crippen LogP contribution >= 0.6 is 15.9 Å². The molecular formula is C19H19BrN2O3. The number of carbonyl (C=O) groups excluding carboxylic acids is 2. The highest BCUT2D eigenvalue weighted by atomic mass is 79.9. The summed E-state index contributed by atoms with van der Waals surface area (Å²) in [4.78, 5) is 24.9. The van der Waals surface area contributed by atoms with E-state index < -0.39 is 11.5 Å². The first-order valence-corrected chi connectivity index (χ1v) is 8.40. The SMILES string of the molecule is C=CC[C@@](NNC(=O)c1ccccc1)(C(=O)OC)c1ccc(Br)cc1. The molecule has 0 fully saturated rings. The molecular weight excluding hydrogens is 384 g/mol. The van der Waals surface area contributed by atoms with Crippen molar-refractivity contribution in [1.29, 1.82) is 0 Å². The van der Waals surface area contributed by atoms with Gasteiger partial charge < -0.3 is 4.74 Å². The topological polar surface area (TPSA) is 67.4 Å². The molecule has 0 bridgehead atoms. The minimum Gasteiger partial charge on any atom is -0.467 e. The predicted octanol–water partition coefficient (Wildman–Crippen LogP) is 3.33. The maximum absolute atomic E-state index is 12.6. The first kappa shape index (κ1) is 18.9. The highest BCUT2D eigenvalue weighted by Gasteiger charge is 2.41. The molecule has 0 aliphatic heterocycles. The second-order valence-electron chi connectivity index (χ2n) is 5.34. The molecule has 0 aromatic heterocycles. The third kappa shape index (κ3) is 4.35. The number of carbonyl (C=O) groups is 2. The Labute approximate surface area is 155 Å². The molecule has 2 aromatic carbocycles. The maximum atomic E-state index is 12.6. The summed E-state index contributed by atoms with van der Waals surface area (Å²) in [6.07, 6.45) is 1.83. The van der Waals surface area contributed by atoms with Gasteiger partial charge in [-0.25, -0.2) is 10.2 Å². The van der Waals surface area contributed by atoms with Crippen LogP contribution in [-0.4, -0.2) is 19.0 Å². The van der Waals surface area contributed by atoms with Crippen LogP contribution in [0.1, 0.15) is 22.3 Å². The molecule has 130 valence electrons. The van der Waals surface area contributed by atoms with E-state index in [2.05, 4.69) is 33.4 Å². The molecule has 0 saturated heterocycles. The summed E-state index contributed by atoms with van der Waals surface area (Å²) in [7, 11) is 1.31. The first-order chi connectivity index (χ1) is 12.0. The molecule has 6 heteroatoms. The normalized spacial score (nSPS) is 12.7. The first-order valence-electron chi connectivity index (χ1n) is 7.61. The minimum atomic E-state index is -1.28. The maximum Gasteiger partial charge on any atom is 0.332 e. The van der Waals surface area contributed by atoms with Crippen molar-refractivity contribution in [2.45, 2.75) is 12.0 Å². The van der Waals surface area contributed by atoms with Crippen molar-refractivity contribution < 1.29 is 14.3 Å². The molecule has 0 spiro atoms. The number of amides is 1. The zero-order chi connectivity index (χ0) is 18.3. The number of ether oxygens (including phenoxy) is 1. The van der Waals surface area contributed by atoms with E-state index in [4.69, 9.17) is 4.74 Å². The van der Waals surface area contributed by atoms with Crippen molar-refractivity contribution in [1.82, 2.24) is 10.9 Å². The lowest BCUT2D eigenvalue weighted by atomic mass is 9.87. The molecule has 0 unspecified atom stereocenters. The summed E-state index contributed by atoms with van der Waals surface area (Å²) in [5, 5.41) is 0. The smallest absolute Gasteiger partial charge is 0.332 e. The van der Waals surface area contributed by atoms with Crippen LogP contribution in [0.15, 0.2) is 71.7 Å². The van der Waals surface area contributed by atoms with Gasteiger partial charge in [-0.2, -0.15) is 0 Å². The van der Waals surface area contributed by atoms with E-state index in [0.717, 1.165) is 4.47 Å². The van der Waals surface area contributed by atoms with Gasteiger partial charge in [0.15, 0.2) is 5.54 Å². The zero-order valence-corrected chi connectivity index (χ0v) is 15.4. The van der Waals surface area contributed by atoms with E-state index in [1.807, 2.05) is 18.2 Å². The fourth-order valence-corrected chi connectivity index (χ4v) is 2.71. The Morgan fingerprint density at radius 3 is 2.36 bits per heavy atom. The summed E-state index contributed by atoms with van der Waals surface area (Å²) < 4.78 is 5.86. The van der Waals surface area contributed by atoms with Crippen molar-refractivity contribution in [3.63, 3.8) is 0 Å². The van der Waals surface area contributed by atoms with Crippen LogP contribution in [-0.2, 0) is 15.1 Å². The van der Waals surface area contributed by atoms with Crippen LogP contribution in [0.25, 0.3) is 0 Å². The van der Waals surface area contributed by atoms with Crippen LogP contribution in [0, 0.1) is 0 Å². The molecule has 2 aromatic rings. The number of hydrazine groups is 1. The lowest BCUT2D eigenvalue weighted by Gasteiger charge is -2.31. The molecule has 0 saturated carbocycles. The second kappa shape index (κ2) is 8.60. The highest BCUT2D eigenvalue weighted by molar-refractivity contribution is 9.10. The van der Waals surface area contributed by atoms with Gasteiger partial charge in [-0.15, -0.1) is 6.58 Å². The Bertz CT molecular complexity index is 747. The summed E-state index contributed by atoms with van der Waals surface area (Å²) in [6, 6.07) is 15.9. The van der Waals surface area contributed by atoms with Crippen LogP contribution in [0.5, 0.6) is 0 Å². The molecule has 0 heterocycles. The quantitative estimate of drug-likeness (QED) is 0.423. The number of hydrogen-bond donors (Lipinski definition) is 2. The lowest BCUT2D eigenvalue weighted by molar-refractivity contribution is -0.149. The number of esters is 1. The monoisotopic (exact) mass is 402 g/mol.